The predicted octanol–water partition coefficient (Wildman–Crippen LogP) is 1.61. The molecule has 1 N–H and O–H groups in total. The van der Waals surface area contributed by atoms with Crippen LogP contribution in [0.1, 0.15) is 10.4 Å². The van der Waals surface area contributed by atoms with Gasteiger partial charge in [0.25, 0.3) is 0 Å². The van der Waals surface area contributed by atoms with Crippen LogP contribution in [0, 0.1) is 0 Å². The summed E-state index contributed by atoms with van der Waals surface area (Å²) in [6.45, 7) is 0. The monoisotopic (exact) mass is 331 g/mol. The molecular formula is C16H13NO2Se. The summed E-state index contributed by atoms with van der Waals surface area (Å²) >= 11 is 0.217. The molecule has 0 bridgehead atoms. The van der Waals surface area contributed by atoms with Gasteiger partial charge in [0.2, 0.25) is 0 Å². The van der Waals surface area contributed by atoms with Crippen molar-refractivity contribution in [3.8, 4) is 0 Å². The van der Waals surface area contributed by atoms with Crippen LogP contribution in [-0.2, 0) is 4.74 Å². The van der Waals surface area contributed by atoms with E-state index in [0.29, 0.717) is 5.56 Å². The molecule has 2 aromatic carbocycles. The van der Waals surface area contributed by atoms with Crippen LogP contribution in [0.5, 0.6) is 0 Å². The molecule has 0 atom stereocenters. The molecule has 3 rings (SSSR count). The first-order valence-electron chi connectivity index (χ1n) is 6.20. The number of esters is 1. The number of benzene rings is 2. The number of methoxy groups -OCH3 is 1. The third-order valence-corrected chi connectivity index (χ3v) is 5.27. The van der Waals surface area contributed by atoms with Gasteiger partial charge in [-0.15, -0.1) is 0 Å². The van der Waals surface area contributed by atoms with Crippen molar-refractivity contribution in [1.29, 1.82) is 0 Å². The van der Waals surface area contributed by atoms with Crippen LogP contribution >= 0.6 is 0 Å². The number of aromatic nitrogens is 1. The fourth-order valence-electron chi connectivity index (χ4n) is 2.04. The molecule has 0 saturated heterocycles. The molecule has 20 heavy (non-hydrogen) atoms. The number of carbonyl (C=O) groups excluding carboxylic acids is 1. The van der Waals surface area contributed by atoms with Crippen LogP contribution < -0.4 is 8.92 Å². The summed E-state index contributed by atoms with van der Waals surface area (Å²) in [5, 5.41) is 1.09. The van der Waals surface area contributed by atoms with E-state index in [2.05, 4.69) is 17.1 Å². The Labute approximate surface area is 123 Å². The molecule has 3 aromatic rings. The topological polar surface area (TPSA) is 42.1 Å². The maximum absolute atomic E-state index is 11.6. The molecule has 100 valence electrons. The third-order valence-electron chi connectivity index (χ3n) is 3.04. The summed E-state index contributed by atoms with van der Waals surface area (Å²) < 4.78 is 7.33. The van der Waals surface area contributed by atoms with Crippen molar-refractivity contribution in [3.63, 3.8) is 0 Å². The van der Waals surface area contributed by atoms with E-state index >= 15 is 0 Å². The summed E-state index contributed by atoms with van der Waals surface area (Å²) in [6.07, 6.45) is 2.03. The molecule has 0 saturated carbocycles. The number of fused-ring (bicyclic) bond motifs is 1. The van der Waals surface area contributed by atoms with Crippen molar-refractivity contribution in [1.82, 2.24) is 4.98 Å². The number of rotatable bonds is 3. The molecule has 0 aliphatic carbocycles. The van der Waals surface area contributed by atoms with Crippen molar-refractivity contribution >= 4 is 40.8 Å². The summed E-state index contributed by atoms with van der Waals surface area (Å²) in [7, 11) is 1.40. The number of hydrogen-bond donors (Lipinski definition) is 1. The van der Waals surface area contributed by atoms with E-state index in [1.165, 1.54) is 16.0 Å². The molecule has 0 aliphatic rings. The second-order valence-electron chi connectivity index (χ2n) is 4.32. The van der Waals surface area contributed by atoms with Gasteiger partial charge < -0.3 is 0 Å². The molecule has 0 unspecified atom stereocenters. The summed E-state index contributed by atoms with van der Waals surface area (Å²) in [5.74, 6) is -0.300. The number of ether oxygens (including phenoxy) is 1. The zero-order valence-corrected chi connectivity index (χ0v) is 12.6. The van der Waals surface area contributed by atoms with Gasteiger partial charge in [0.1, 0.15) is 0 Å². The predicted molar refractivity (Wildman–Crippen MR) is 81.1 cm³/mol. The average molecular weight is 330 g/mol. The maximum atomic E-state index is 11.6. The summed E-state index contributed by atoms with van der Waals surface area (Å²) in [6, 6.07) is 16.0. The van der Waals surface area contributed by atoms with Gasteiger partial charge in [-0.3, -0.25) is 0 Å². The minimum absolute atomic E-state index is 0.217. The van der Waals surface area contributed by atoms with Crippen molar-refractivity contribution < 1.29 is 9.53 Å². The van der Waals surface area contributed by atoms with Gasteiger partial charge in [0.05, 0.1) is 0 Å². The standard InChI is InChI=1S/C16H13NO2Se/c1-19-16(18)11-7-8-14-13(9-11)15(10-17-14)20-12-5-3-2-4-6-12/h2-10,17H,1H3. The quantitative estimate of drug-likeness (QED) is 0.586. The molecule has 0 fully saturated rings. The van der Waals surface area contributed by atoms with E-state index in [-0.39, 0.29) is 20.9 Å². The molecule has 0 radical (unpaired) electrons. The number of H-pyrrole nitrogens is 1. The van der Waals surface area contributed by atoms with Gasteiger partial charge in [-0.2, -0.15) is 0 Å². The van der Waals surface area contributed by atoms with Crippen molar-refractivity contribution in [2.75, 3.05) is 7.11 Å². The van der Waals surface area contributed by atoms with Gasteiger partial charge in [0.15, 0.2) is 0 Å². The molecule has 0 amide bonds. The first-order valence-corrected chi connectivity index (χ1v) is 7.91. The number of carbonyl (C=O) groups is 1. The van der Waals surface area contributed by atoms with Gasteiger partial charge in [-0.1, -0.05) is 0 Å². The third kappa shape index (κ3) is 2.48. The van der Waals surface area contributed by atoms with E-state index in [9.17, 15) is 4.79 Å². The van der Waals surface area contributed by atoms with Crippen LogP contribution in [0.15, 0.2) is 54.7 Å². The van der Waals surface area contributed by atoms with Crippen LogP contribution in [0.3, 0.4) is 0 Å². The van der Waals surface area contributed by atoms with E-state index in [0.717, 1.165) is 10.9 Å². The molecule has 0 spiro atoms. The normalized spacial score (nSPS) is 10.7. The van der Waals surface area contributed by atoms with Crippen LogP contribution in [-0.4, -0.2) is 33.0 Å². The molecule has 1 heterocycles. The Balaban J connectivity index is 2.01. The van der Waals surface area contributed by atoms with E-state index in [1.807, 2.05) is 36.5 Å². The zero-order chi connectivity index (χ0) is 13.9. The molecule has 0 aliphatic heterocycles. The van der Waals surface area contributed by atoms with Crippen molar-refractivity contribution in [2.45, 2.75) is 0 Å². The molecular weight excluding hydrogens is 317 g/mol. The van der Waals surface area contributed by atoms with E-state index in [4.69, 9.17) is 4.74 Å². The molecule has 3 nitrogen and oxygen atoms in total. The fourth-order valence-corrected chi connectivity index (χ4v) is 4.02. The van der Waals surface area contributed by atoms with Crippen LogP contribution in [0.25, 0.3) is 10.9 Å². The van der Waals surface area contributed by atoms with Crippen LogP contribution in [0.4, 0.5) is 0 Å². The van der Waals surface area contributed by atoms with Gasteiger partial charge in [-0.25, -0.2) is 0 Å². The second kappa shape index (κ2) is 5.53. The average Bonchev–Trinajstić information content (AvgIpc) is 2.90. The first kappa shape index (κ1) is 13.0. The molecule has 1 aromatic heterocycles. The fraction of sp³-hybridized carbons (Fsp3) is 0.0625. The zero-order valence-electron chi connectivity index (χ0n) is 10.9. The van der Waals surface area contributed by atoms with Crippen molar-refractivity contribution in [3.05, 3.63) is 60.3 Å². The Bertz CT molecular complexity index is 750. The number of nitrogens with one attached hydrogen (secondary N) is 1. The molecule has 4 heteroatoms. The van der Waals surface area contributed by atoms with Gasteiger partial charge >= 0.3 is 123 Å². The summed E-state index contributed by atoms with van der Waals surface area (Å²) in [4.78, 5) is 14.9. The number of hydrogen-bond acceptors (Lipinski definition) is 2. The Kier molecular flexibility index (Phi) is 3.59. The minimum atomic E-state index is -0.300. The Morgan fingerprint density at radius 1 is 1.15 bits per heavy atom. The van der Waals surface area contributed by atoms with Crippen LogP contribution in [0.2, 0.25) is 0 Å². The SMILES string of the molecule is COC(=O)c1ccc2[nH]cc([Se]c3ccccc3)c2c1. The first-order chi connectivity index (χ1) is 9.78. The Hall–Kier alpha value is -2.03. The number of aromatic amines is 1. The van der Waals surface area contributed by atoms with Gasteiger partial charge in [-0.05, 0) is 0 Å². The van der Waals surface area contributed by atoms with E-state index < -0.39 is 0 Å². The van der Waals surface area contributed by atoms with E-state index in [1.54, 1.807) is 6.07 Å². The summed E-state index contributed by atoms with van der Waals surface area (Å²) in [5.41, 5.74) is 1.63. The second-order valence-corrected chi connectivity index (χ2v) is 6.66. The van der Waals surface area contributed by atoms with Crippen molar-refractivity contribution in [2.24, 2.45) is 0 Å². The van der Waals surface area contributed by atoms with Gasteiger partial charge in [0, 0.05) is 0 Å². The Morgan fingerprint density at radius 3 is 2.70 bits per heavy atom. The Morgan fingerprint density at radius 2 is 1.95 bits per heavy atom.